The monoisotopic (exact) mass is 330 g/mol. The van der Waals surface area contributed by atoms with E-state index in [1.54, 1.807) is 18.5 Å². The van der Waals surface area contributed by atoms with Crippen LogP contribution < -0.4 is 4.90 Å². The molecule has 5 nitrogen and oxygen atoms in total. The first-order valence-corrected chi connectivity index (χ1v) is 8.75. The van der Waals surface area contributed by atoms with Crippen LogP contribution in [0.2, 0.25) is 0 Å². The number of fused-ring (bicyclic) bond motifs is 1. The third kappa shape index (κ3) is 3.35. The molecule has 0 bridgehead atoms. The maximum atomic E-state index is 13.7. The van der Waals surface area contributed by atoms with Crippen LogP contribution in [-0.4, -0.2) is 60.8 Å². The molecular weight excluding hydrogens is 307 g/mol. The van der Waals surface area contributed by atoms with E-state index in [0.29, 0.717) is 5.92 Å². The lowest BCUT2D eigenvalue weighted by Crippen LogP contribution is -2.44. The zero-order valence-electron chi connectivity index (χ0n) is 13.8. The van der Waals surface area contributed by atoms with Crippen molar-refractivity contribution in [3.8, 4) is 0 Å². The Morgan fingerprint density at radius 3 is 2.92 bits per heavy atom. The Balaban J connectivity index is 1.52. The predicted molar refractivity (Wildman–Crippen MR) is 91.7 cm³/mol. The molecule has 0 aliphatic carbocycles. The van der Waals surface area contributed by atoms with Gasteiger partial charge in [0.25, 0.3) is 0 Å². The van der Waals surface area contributed by atoms with E-state index in [0.717, 1.165) is 69.1 Å². The van der Waals surface area contributed by atoms with Crippen molar-refractivity contribution in [3.63, 3.8) is 0 Å². The molecule has 0 radical (unpaired) electrons. The van der Waals surface area contributed by atoms with Crippen molar-refractivity contribution >= 4 is 16.7 Å². The second-order valence-corrected chi connectivity index (χ2v) is 6.73. The van der Waals surface area contributed by atoms with Gasteiger partial charge in [-0.1, -0.05) is 0 Å². The van der Waals surface area contributed by atoms with E-state index in [1.807, 2.05) is 0 Å². The summed E-state index contributed by atoms with van der Waals surface area (Å²) in [5.74, 6) is 1.25. The lowest BCUT2D eigenvalue weighted by Gasteiger charge is -2.37. The van der Waals surface area contributed by atoms with Gasteiger partial charge in [0.2, 0.25) is 0 Å². The highest BCUT2D eigenvalue weighted by molar-refractivity contribution is 5.89. The molecule has 24 heavy (non-hydrogen) atoms. The minimum Gasteiger partial charge on any atom is -0.379 e. The van der Waals surface area contributed by atoms with Crippen LogP contribution in [0.25, 0.3) is 10.9 Å². The van der Waals surface area contributed by atoms with Crippen molar-refractivity contribution in [2.75, 3.05) is 50.8 Å². The fraction of sp³-hybridized carbons (Fsp3) is 0.556. The van der Waals surface area contributed by atoms with Crippen LogP contribution in [0, 0.1) is 11.7 Å². The second-order valence-electron chi connectivity index (χ2n) is 6.73. The Morgan fingerprint density at radius 1 is 1.17 bits per heavy atom. The normalized spacial score (nSPS) is 22.9. The second kappa shape index (κ2) is 6.99. The molecule has 6 heteroatoms. The molecule has 1 atom stereocenters. The summed E-state index contributed by atoms with van der Waals surface area (Å²) in [7, 11) is 0. The highest BCUT2D eigenvalue weighted by atomic mass is 19.1. The Bertz CT molecular complexity index is 704. The molecule has 2 aliphatic rings. The van der Waals surface area contributed by atoms with Gasteiger partial charge in [0.15, 0.2) is 0 Å². The molecule has 2 aromatic rings. The molecule has 2 saturated heterocycles. The van der Waals surface area contributed by atoms with Gasteiger partial charge in [0.05, 0.1) is 18.7 Å². The molecule has 1 aromatic heterocycles. The quantitative estimate of drug-likeness (QED) is 0.864. The summed E-state index contributed by atoms with van der Waals surface area (Å²) in [6.45, 7) is 6.79. The van der Waals surface area contributed by atoms with Crippen molar-refractivity contribution in [1.29, 1.82) is 0 Å². The van der Waals surface area contributed by atoms with Crippen molar-refractivity contribution in [2.24, 2.45) is 5.92 Å². The number of hydrogen-bond donors (Lipinski definition) is 0. The summed E-state index contributed by atoms with van der Waals surface area (Å²) in [5.41, 5.74) is 0.803. The zero-order valence-corrected chi connectivity index (χ0v) is 13.8. The van der Waals surface area contributed by atoms with Gasteiger partial charge in [-0.15, -0.1) is 0 Å². The van der Waals surface area contributed by atoms with Crippen LogP contribution in [0.3, 0.4) is 0 Å². The van der Waals surface area contributed by atoms with E-state index in [2.05, 4.69) is 19.8 Å². The summed E-state index contributed by atoms with van der Waals surface area (Å²) >= 11 is 0. The van der Waals surface area contributed by atoms with E-state index in [1.165, 1.54) is 12.5 Å². The number of ether oxygens (including phenoxy) is 1. The standard InChI is InChI=1S/C18H23FN4O/c19-15-3-4-17-16(10-15)18(21-13-20-17)23-5-1-2-14(12-23)11-22-6-8-24-9-7-22/h3-4,10,13-14H,1-2,5-9,11-12H2/t14-/m1/s1. The van der Waals surface area contributed by atoms with E-state index in [4.69, 9.17) is 4.74 Å². The lowest BCUT2D eigenvalue weighted by molar-refractivity contribution is 0.0296. The maximum absolute atomic E-state index is 13.7. The van der Waals surface area contributed by atoms with Gasteiger partial charge in [0, 0.05) is 38.1 Å². The number of aromatic nitrogens is 2. The van der Waals surface area contributed by atoms with Crippen molar-refractivity contribution in [2.45, 2.75) is 12.8 Å². The number of rotatable bonds is 3. The number of hydrogen-bond acceptors (Lipinski definition) is 5. The average molecular weight is 330 g/mol. The van der Waals surface area contributed by atoms with Gasteiger partial charge >= 0.3 is 0 Å². The molecule has 0 amide bonds. The minimum absolute atomic E-state index is 0.236. The molecule has 0 unspecified atom stereocenters. The molecular formula is C18H23FN4O. The van der Waals surface area contributed by atoms with E-state index in [9.17, 15) is 4.39 Å². The van der Waals surface area contributed by atoms with Gasteiger partial charge < -0.3 is 9.64 Å². The Labute approximate surface area is 141 Å². The molecule has 2 fully saturated rings. The molecule has 128 valence electrons. The van der Waals surface area contributed by atoms with Gasteiger partial charge in [-0.3, -0.25) is 4.90 Å². The number of morpholine rings is 1. The van der Waals surface area contributed by atoms with E-state index < -0.39 is 0 Å². The summed E-state index contributed by atoms with van der Waals surface area (Å²) in [5, 5.41) is 0.810. The number of piperidine rings is 1. The third-order valence-corrected chi connectivity index (χ3v) is 5.01. The predicted octanol–water partition coefficient (Wildman–Crippen LogP) is 2.32. The van der Waals surface area contributed by atoms with Crippen molar-refractivity contribution < 1.29 is 9.13 Å². The van der Waals surface area contributed by atoms with Gasteiger partial charge in [0.1, 0.15) is 18.0 Å². The Kier molecular flexibility index (Phi) is 4.58. The van der Waals surface area contributed by atoms with E-state index >= 15 is 0 Å². The molecule has 3 heterocycles. The van der Waals surface area contributed by atoms with E-state index in [-0.39, 0.29) is 5.82 Å². The van der Waals surface area contributed by atoms with Gasteiger partial charge in [-0.2, -0.15) is 0 Å². The number of halogens is 1. The third-order valence-electron chi connectivity index (χ3n) is 5.01. The largest absolute Gasteiger partial charge is 0.379 e. The number of benzene rings is 1. The fourth-order valence-electron chi connectivity index (χ4n) is 3.82. The average Bonchev–Trinajstić information content (AvgIpc) is 2.62. The molecule has 0 saturated carbocycles. The Hall–Kier alpha value is -1.79. The summed E-state index contributed by atoms with van der Waals surface area (Å²) in [6.07, 6.45) is 3.97. The highest BCUT2D eigenvalue weighted by Crippen LogP contribution is 2.28. The first kappa shape index (κ1) is 15.7. The fourth-order valence-corrected chi connectivity index (χ4v) is 3.82. The first-order chi connectivity index (χ1) is 11.8. The Morgan fingerprint density at radius 2 is 2.04 bits per heavy atom. The van der Waals surface area contributed by atoms with Crippen molar-refractivity contribution in [1.82, 2.24) is 14.9 Å². The molecule has 0 spiro atoms. The lowest BCUT2D eigenvalue weighted by atomic mass is 9.97. The SMILES string of the molecule is Fc1ccc2ncnc(N3CCC[C@H](CN4CCOCC4)C3)c2c1. The van der Waals surface area contributed by atoms with Crippen LogP contribution in [0.1, 0.15) is 12.8 Å². The minimum atomic E-state index is -0.236. The first-order valence-electron chi connectivity index (χ1n) is 8.75. The summed E-state index contributed by atoms with van der Waals surface area (Å²) in [6, 6.07) is 4.73. The van der Waals surface area contributed by atoms with Crippen molar-refractivity contribution in [3.05, 3.63) is 30.3 Å². The summed E-state index contributed by atoms with van der Waals surface area (Å²) in [4.78, 5) is 13.5. The molecule has 1 aromatic carbocycles. The molecule has 2 aliphatic heterocycles. The van der Waals surface area contributed by atoms with Gasteiger partial charge in [-0.05, 0) is 37.0 Å². The number of nitrogens with zero attached hydrogens (tertiary/aromatic N) is 4. The van der Waals surface area contributed by atoms with Crippen LogP contribution in [0.15, 0.2) is 24.5 Å². The number of anilines is 1. The van der Waals surface area contributed by atoms with Crippen LogP contribution in [0.5, 0.6) is 0 Å². The van der Waals surface area contributed by atoms with Crippen LogP contribution >= 0.6 is 0 Å². The highest BCUT2D eigenvalue weighted by Gasteiger charge is 2.25. The molecule has 0 N–H and O–H groups in total. The topological polar surface area (TPSA) is 41.5 Å². The smallest absolute Gasteiger partial charge is 0.139 e. The zero-order chi connectivity index (χ0) is 16.4. The maximum Gasteiger partial charge on any atom is 0.139 e. The molecule has 4 rings (SSSR count). The van der Waals surface area contributed by atoms with Crippen LogP contribution in [-0.2, 0) is 4.74 Å². The summed E-state index contributed by atoms with van der Waals surface area (Å²) < 4.78 is 19.1. The van der Waals surface area contributed by atoms with Crippen LogP contribution in [0.4, 0.5) is 10.2 Å². The van der Waals surface area contributed by atoms with Gasteiger partial charge in [-0.25, -0.2) is 14.4 Å².